The molecule has 4 nitrogen and oxygen atoms in total. The van der Waals surface area contributed by atoms with E-state index in [0.717, 1.165) is 4.47 Å². The lowest BCUT2D eigenvalue weighted by molar-refractivity contribution is 0.102. The smallest absolute Gasteiger partial charge is 0.266 e. The molecule has 0 aliphatic heterocycles. The second kappa shape index (κ2) is 5.87. The Kier molecular flexibility index (Phi) is 4.20. The molecule has 1 aromatic carbocycles. The van der Waals surface area contributed by atoms with Gasteiger partial charge in [0.25, 0.3) is 5.91 Å². The monoisotopic (exact) mass is 336 g/mol. The first-order valence-electron chi connectivity index (χ1n) is 5.28. The lowest BCUT2D eigenvalue weighted by atomic mass is 10.2. The Balaban J connectivity index is 2.27. The molecule has 96 valence electrons. The normalized spacial score (nSPS) is 9.74. The molecule has 0 aliphatic carbocycles. The van der Waals surface area contributed by atoms with Gasteiger partial charge < -0.3 is 10.1 Å². The molecule has 0 aliphatic rings. The van der Waals surface area contributed by atoms with E-state index in [0.29, 0.717) is 21.9 Å². The molecule has 19 heavy (non-hydrogen) atoms. The summed E-state index contributed by atoms with van der Waals surface area (Å²) in [6, 6.07) is 8.69. The summed E-state index contributed by atoms with van der Waals surface area (Å²) in [6.07, 6.45) is 0. The third kappa shape index (κ3) is 2.95. The number of halogens is 1. The van der Waals surface area contributed by atoms with Crippen LogP contribution >= 0.6 is 27.3 Å². The van der Waals surface area contributed by atoms with E-state index in [1.54, 1.807) is 18.2 Å². The highest BCUT2D eigenvalue weighted by atomic mass is 79.9. The lowest BCUT2D eigenvalue weighted by Gasteiger charge is -2.09. The van der Waals surface area contributed by atoms with Crippen molar-refractivity contribution in [1.82, 2.24) is 0 Å². The van der Waals surface area contributed by atoms with Gasteiger partial charge in [0.05, 0.1) is 24.4 Å². The minimum absolute atomic E-state index is 0.218. The number of ether oxygens (including phenoxy) is 1. The van der Waals surface area contributed by atoms with Gasteiger partial charge in [-0.15, -0.1) is 11.3 Å². The van der Waals surface area contributed by atoms with Gasteiger partial charge in [0.1, 0.15) is 10.6 Å². The van der Waals surface area contributed by atoms with Crippen molar-refractivity contribution < 1.29 is 9.53 Å². The summed E-state index contributed by atoms with van der Waals surface area (Å²) in [6.45, 7) is 0. The van der Waals surface area contributed by atoms with Crippen molar-refractivity contribution >= 4 is 38.9 Å². The second-order valence-electron chi connectivity index (χ2n) is 3.58. The summed E-state index contributed by atoms with van der Waals surface area (Å²) in [5.41, 5.74) is 1.01. The van der Waals surface area contributed by atoms with Gasteiger partial charge in [-0.05, 0) is 39.5 Å². The van der Waals surface area contributed by atoms with Crippen LogP contribution in [0.2, 0.25) is 0 Å². The molecule has 0 radical (unpaired) electrons. The van der Waals surface area contributed by atoms with Crippen LogP contribution < -0.4 is 10.1 Å². The Morgan fingerprint density at radius 1 is 1.47 bits per heavy atom. The summed E-state index contributed by atoms with van der Waals surface area (Å²) < 4.78 is 5.91. The van der Waals surface area contributed by atoms with Crippen LogP contribution in [0.4, 0.5) is 5.69 Å². The predicted octanol–water partition coefficient (Wildman–Crippen LogP) is 3.64. The van der Waals surface area contributed by atoms with Crippen LogP contribution in [0.3, 0.4) is 0 Å². The summed E-state index contributed by atoms with van der Waals surface area (Å²) in [5, 5.41) is 13.4. The van der Waals surface area contributed by atoms with Gasteiger partial charge in [-0.3, -0.25) is 4.79 Å². The van der Waals surface area contributed by atoms with E-state index >= 15 is 0 Å². The van der Waals surface area contributed by atoms with E-state index in [9.17, 15) is 4.79 Å². The van der Waals surface area contributed by atoms with Gasteiger partial charge in [0.15, 0.2) is 0 Å². The van der Waals surface area contributed by atoms with Crippen LogP contribution in [0.25, 0.3) is 0 Å². The number of hydrogen-bond donors (Lipinski definition) is 1. The van der Waals surface area contributed by atoms with Gasteiger partial charge in [0.2, 0.25) is 0 Å². The lowest BCUT2D eigenvalue weighted by Crippen LogP contribution is -2.11. The molecule has 6 heteroatoms. The molecule has 0 atom stereocenters. The van der Waals surface area contributed by atoms with E-state index in [1.165, 1.54) is 18.4 Å². The first-order valence-corrected chi connectivity index (χ1v) is 6.95. The van der Waals surface area contributed by atoms with Crippen molar-refractivity contribution in [3.63, 3.8) is 0 Å². The highest BCUT2D eigenvalue weighted by Crippen LogP contribution is 2.28. The van der Waals surface area contributed by atoms with Gasteiger partial charge in [0, 0.05) is 10.5 Å². The van der Waals surface area contributed by atoms with Gasteiger partial charge >= 0.3 is 0 Å². The average molecular weight is 337 g/mol. The topological polar surface area (TPSA) is 62.1 Å². The number of nitriles is 1. The number of carbonyl (C=O) groups is 1. The Labute approximate surface area is 122 Å². The molecule has 0 saturated heterocycles. The van der Waals surface area contributed by atoms with Crippen LogP contribution in [-0.2, 0) is 0 Å². The third-order valence-electron chi connectivity index (χ3n) is 2.40. The molecule has 1 aromatic heterocycles. The average Bonchev–Trinajstić information content (AvgIpc) is 2.85. The van der Waals surface area contributed by atoms with Crippen LogP contribution in [0.15, 0.2) is 34.1 Å². The number of thiophene rings is 1. The SMILES string of the molecule is COc1cc(C#N)ccc1NC(=O)c1sccc1Br. The standard InChI is InChI=1S/C13H9BrN2O2S/c1-18-11-6-8(7-15)2-3-10(11)16-13(17)12-9(14)4-5-19-12/h2-6H,1H3,(H,16,17). The molecular formula is C13H9BrN2O2S. The van der Waals surface area contributed by atoms with Gasteiger partial charge in [-0.2, -0.15) is 5.26 Å². The van der Waals surface area contributed by atoms with Crippen molar-refractivity contribution in [3.05, 3.63) is 44.6 Å². The summed E-state index contributed by atoms with van der Waals surface area (Å²) in [4.78, 5) is 12.7. The molecule has 0 saturated carbocycles. The molecular weight excluding hydrogens is 328 g/mol. The van der Waals surface area contributed by atoms with E-state index < -0.39 is 0 Å². The Bertz CT molecular complexity index is 661. The Morgan fingerprint density at radius 3 is 2.84 bits per heavy atom. The third-order valence-corrected chi connectivity index (χ3v) is 4.24. The maximum Gasteiger partial charge on any atom is 0.266 e. The van der Waals surface area contributed by atoms with Crippen LogP contribution in [-0.4, -0.2) is 13.0 Å². The largest absolute Gasteiger partial charge is 0.495 e. The number of anilines is 1. The van der Waals surface area contributed by atoms with Gasteiger partial charge in [-0.25, -0.2) is 0 Å². The number of amides is 1. The summed E-state index contributed by atoms with van der Waals surface area (Å²) in [7, 11) is 1.49. The van der Waals surface area contributed by atoms with Crippen molar-refractivity contribution in [2.24, 2.45) is 0 Å². The molecule has 0 fully saturated rings. The fourth-order valence-corrected chi connectivity index (χ4v) is 2.95. The first kappa shape index (κ1) is 13.6. The zero-order chi connectivity index (χ0) is 13.8. The van der Waals surface area contributed by atoms with E-state index in [4.69, 9.17) is 10.00 Å². The maximum atomic E-state index is 12.1. The minimum Gasteiger partial charge on any atom is -0.495 e. The number of carbonyl (C=O) groups excluding carboxylic acids is 1. The molecule has 1 heterocycles. The number of methoxy groups -OCH3 is 1. The number of nitrogens with one attached hydrogen (secondary N) is 1. The zero-order valence-corrected chi connectivity index (χ0v) is 12.3. The number of hydrogen-bond acceptors (Lipinski definition) is 4. The van der Waals surface area contributed by atoms with E-state index in [1.807, 2.05) is 17.5 Å². The minimum atomic E-state index is -0.218. The predicted molar refractivity (Wildman–Crippen MR) is 77.7 cm³/mol. The molecule has 2 aromatic rings. The highest BCUT2D eigenvalue weighted by Gasteiger charge is 2.14. The van der Waals surface area contributed by atoms with Gasteiger partial charge in [-0.1, -0.05) is 0 Å². The van der Waals surface area contributed by atoms with Crippen molar-refractivity contribution in [2.75, 3.05) is 12.4 Å². The summed E-state index contributed by atoms with van der Waals surface area (Å²) in [5.74, 6) is 0.241. The maximum absolute atomic E-state index is 12.1. The first-order chi connectivity index (χ1) is 9.15. The highest BCUT2D eigenvalue weighted by molar-refractivity contribution is 9.10. The van der Waals surface area contributed by atoms with Crippen molar-refractivity contribution in [2.45, 2.75) is 0 Å². The van der Waals surface area contributed by atoms with Crippen LogP contribution in [0.1, 0.15) is 15.2 Å². The number of benzene rings is 1. The van der Waals surface area contributed by atoms with Crippen molar-refractivity contribution in [1.29, 1.82) is 5.26 Å². The molecule has 1 amide bonds. The molecule has 2 rings (SSSR count). The molecule has 0 spiro atoms. The fourth-order valence-electron chi connectivity index (χ4n) is 1.50. The van der Waals surface area contributed by atoms with Crippen LogP contribution in [0, 0.1) is 11.3 Å². The molecule has 0 unspecified atom stereocenters. The zero-order valence-electron chi connectivity index (χ0n) is 9.94. The number of rotatable bonds is 3. The Morgan fingerprint density at radius 2 is 2.26 bits per heavy atom. The second-order valence-corrected chi connectivity index (χ2v) is 5.35. The van der Waals surface area contributed by atoms with Crippen LogP contribution in [0.5, 0.6) is 5.75 Å². The van der Waals surface area contributed by atoms with Crippen molar-refractivity contribution in [3.8, 4) is 11.8 Å². The van der Waals surface area contributed by atoms with E-state index in [2.05, 4.69) is 21.2 Å². The molecule has 0 bridgehead atoms. The fraction of sp³-hybridized carbons (Fsp3) is 0.0769. The molecule has 1 N–H and O–H groups in total. The van der Waals surface area contributed by atoms with E-state index in [-0.39, 0.29) is 5.91 Å². The number of nitrogens with zero attached hydrogens (tertiary/aromatic N) is 1. The quantitative estimate of drug-likeness (QED) is 0.930. The summed E-state index contributed by atoms with van der Waals surface area (Å²) >= 11 is 4.66. The Hall–Kier alpha value is -1.84.